The van der Waals surface area contributed by atoms with Gasteiger partial charge in [0.15, 0.2) is 0 Å². The number of nitrogens with zero attached hydrogens (tertiary/aromatic N) is 1. The van der Waals surface area contributed by atoms with Gasteiger partial charge in [-0.3, -0.25) is 9.78 Å². The lowest BCUT2D eigenvalue weighted by Gasteiger charge is -2.24. The highest BCUT2D eigenvalue weighted by Gasteiger charge is 2.22. The highest BCUT2D eigenvalue weighted by molar-refractivity contribution is 5.78. The van der Waals surface area contributed by atoms with Crippen LogP contribution in [0.3, 0.4) is 0 Å². The molecule has 0 saturated carbocycles. The number of rotatable bonds is 6. The molecular formula is C14H23N3O. The maximum Gasteiger partial charge on any atom is 0.233 e. The van der Waals surface area contributed by atoms with Crippen LogP contribution in [0.1, 0.15) is 33.4 Å². The van der Waals surface area contributed by atoms with Crippen LogP contribution >= 0.6 is 0 Å². The van der Waals surface area contributed by atoms with Gasteiger partial charge < -0.3 is 10.6 Å². The first-order valence-corrected chi connectivity index (χ1v) is 6.33. The van der Waals surface area contributed by atoms with Crippen LogP contribution in [0.2, 0.25) is 0 Å². The monoisotopic (exact) mass is 249 g/mol. The molecule has 0 aliphatic heterocycles. The molecule has 0 unspecified atom stereocenters. The topological polar surface area (TPSA) is 54.0 Å². The summed E-state index contributed by atoms with van der Waals surface area (Å²) in [6.07, 6.45) is 1.78. The van der Waals surface area contributed by atoms with Crippen LogP contribution in [-0.2, 0) is 10.2 Å². The zero-order valence-corrected chi connectivity index (χ0v) is 11.7. The summed E-state index contributed by atoms with van der Waals surface area (Å²) in [6, 6.07) is 6.16. The number of carbonyl (C=O) groups is 1. The molecule has 0 saturated heterocycles. The second-order valence-electron chi connectivity index (χ2n) is 5.41. The summed E-state index contributed by atoms with van der Waals surface area (Å²) >= 11 is 0. The Labute approximate surface area is 109 Å². The summed E-state index contributed by atoms with van der Waals surface area (Å²) in [5.74, 6) is 0.0210. The van der Waals surface area contributed by atoms with Crippen molar-refractivity contribution in [3.05, 3.63) is 30.1 Å². The average molecular weight is 249 g/mol. The van der Waals surface area contributed by atoms with Gasteiger partial charge in [0, 0.05) is 29.9 Å². The quantitative estimate of drug-likeness (QED) is 0.803. The van der Waals surface area contributed by atoms with Gasteiger partial charge in [0.1, 0.15) is 0 Å². The number of hydrogen-bond acceptors (Lipinski definition) is 3. The number of carbonyl (C=O) groups excluding carboxylic acids is 1. The molecule has 0 aliphatic carbocycles. The van der Waals surface area contributed by atoms with E-state index in [0.717, 1.165) is 5.69 Å². The third kappa shape index (κ3) is 4.84. The van der Waals surface area contributed by atoms with Gasteiger partial charge in [-0.15, -0.1) is 0 Å². The minimum absolute atomic E-state index is 0.0210. The number of hydrogen-bond donors (Lipinski definition) is 2. The largest absolute Gasteiger partial charge is 0.354 e. The first kappa shape index (κ1) is 14.6. The van der Waals surface area contributed by atoms with Crippen molar-refractivity contribution in [1.82, 2.24) is 15.6 Å². The van der Waals surface area contributed by atoms with Gasteiger partial charge in [-0.25, -0.2) is 0 Å². The highest BCUT2D eigenvalue weighted by atomic mass is 16.1. The molecule has 0 atom stereocenters. The molecule has 0 radical (unpaired) electrons. The minimum atomic E-state index is -0.158. The van der Waals surface area contributed by atoms with Crippen LogP contribution in [0.5, 0.6) is 0 Å². The summed E-state index contributed by atoms with van der Waals surface area (Å²) < 4.78 is 0. The van der Waals surface area contributed by atoms with E-state index in [2.05, 4.69) is 29.5 Å². The zero-order valence-electron chi connectivity index (χ0n) is 11.7. The maximum absolute atomic E-state index is 11.6. The molecule has 0 aromatic carbocycles. The second-order valence-corrected chi connectivity index (χ2v) is 5.41. The van der Waals surface area contributed by atoms with Gasteiger partial charge >= 0.3 is 0 Å². The predicted octanol–water partition coefficient (Wildman–Crippen LogP) is 1.47. The van der Waals surface area contributed by atoms with Crippen molar-refractivity contribution in [2.24, 2.45) is 0 Å². The van der Waals surface area contributed by atoms with Crippen LogP contribution in [0.25, 0.3) is 0 Å². The van der Waals surface area contributed by atoms with Gasteiger partial charge in [-0.1, -0.05) is 33.8 Å². The van der Waals surface area contributed by atoms with E-state index in [1.807, 2.05) is 32.0 Å². The van der Waals surface area contributed by atoms with Gasteiger partial charge in [0.2, 0.25) is 5.91 Å². The summed E-state index contributed by atoms with van der Waals surface area (Å²) in [4.78, 5) is 16.0. The summed E-state index contributed by atoms with van der Waals surface area (Å²) in [6.45, 7) is 9.13. The van der Waals surface area contributed by atoms with Gasteiger partial charge in [0.25, 0.3) is 0 Å². The fourth-order valence-electron chi connectivity index (χ4n) is 1.53. The van der Waals surface area contributed by atoms with Crippen molar-refractivity contribution < 1.29 is 4.79 Å². The molecule has 0 spiro atoms. The molecule has 1 aromatic rings. The van der Waals surface area contributed by atoms with Crippen molar-refractivity contribution >= 4 is 5.91 Å². The van der Waals surface area contributed by atoms with Crippen LogP contribution in [-0.4, -0.2) is 30.0 Å². The van der Waals surface area contributed by atoms with Crippen molar-refractivity contribution in [3.8, 4) is 0 Å². The Morgan fingerprint density at radius 2 is 2.11 bits per heavy atom. The molecule has 18 heavy (non-hydrogen) atoms. The lowest BCUT2D eigenvalue weighted by molar-refractivity contribution is -0.120. The summed E-state index contributed by atoms with van der Waals surface area (Å²) in [5.41, 5.74) is 0.830. The molecule has 0 bridgehead atoms. The molecule has 0 aliphatic rings. The lowest BCUT2D eigenvalue weighted by atomic mass is 9.88. The third-order valence-electron chi connectivity index (χ3n) is 2.76. The molecule has 100 valence electrons. The Balaban J connectivity index is 2.45. The SMILES string of the molecule is CC(C)NCC(=O)NCC(C)(C)c1ccccn1. The molecule has 1 heterocycles. The van der Waals surface area contributed by atoms with Crippen molar-refractivity contribution in [2.45, 2.75) is 39.2 Å². The molecule has 1 rings (SSSR count). The second kappa shape index (κ2) is 6.50. The fraction of sp³-hybridized carbons (Fsp3) is 0.571. The predicted molar refractivity (Wildman–Crippen MR) is 73.4 cm³/mol. The Kier molecular flexibility index (Phi) is 5.28. The number of pyridine rings is 1. The molecule has 4 heteroatoms. The maximum atomic E-state index is 11.6. The van der Waals surface area contributed by atoms with Crippen molar-refractivity contribution in [3.63, 3.8) is 0 Å². The number of aromatic nitrogens is 1. The van der Waals surface area contributed by atoms with E-state index in [9.17, 15) is 4.79 Å². The van der Waals surface area contributed by atoms with Gasteiger partial charge in [-0.05, 0) is 12.1 Å². The number of amides is 1. The highest BCUT2D eigenvalue weighted by Crippen LogP contribution is 2.19. The van der Waals surface area contributed by atoms with Crippen LogP contribution < -0.4 is 10.6 Å². The Morgan fingerprint density at radius 1 is 1.39 bits per heavy atom. The number of nitrogens with one attached hydrogen (secondary N) is 2. The van der Waals surface area contributed by atoms with E-state index in [4.69, 9.17) is 0 Å². The molecular weight excluding hydrogens is 226 g/mol. The van der Waals surface area contributed by atoms with Gasteiger partial charge in [-0.2, -0.15) is 0 Å². The zero-order chi connectivity index (χ0) is 13.6. The van der Waals surface area contributed by atoms with Crippen LogP contribution in [0, 0.1) is 0 Å². The normalized spacial score (nSPS) is 11.6. The Hall–Kier alpha value is -1.42. The minimum Gasteiger partial charge on any atom is -0.354 e. The first-order chi connectivity index (χ1) is 8.42. The van der Waals surface area contributed by atoms with E-state index in [0.29, 0.717) is 19.1 Å². The molecule has 1 aromatic heterocycles. The van der Waals surface area contributed by atoms with Gasteiger partial charge in [0.05, 0.1) is 6.54 Å². The molecule has 0 fully saturated rings. The van der Waals surface area contributed by atoms with Crippen molar-refractivity contribution in [1.29, 1.82) is 0 Å². The third-order valence-corrected chi connectivity index (χ3v) is 2.76. The van der Waals surface area contributed by atoms with Crippen LogP contribution in [0.4, 0.5) is 0 Å². The van der Waals surface area contributed by atoms with E-state index in [1.54, 1.807) is 6.20 Å². The van der Waals surface area contributed by atoms with E-state index < -0.39 is 0 Å². The first-order valence-electron chi connectivity index (χ1n) is 6.33. The molecule has 1 amide bonds. The van der Waals surface area contributed by atoms with E-state index in [-0.39, 0.29) is 11.3 Å². The van der Waals surface area contributed by atoms with E-state index >= 15 is 0 Å². The summed E-state index contributed by atoms with van der Waals surface area (Å²) in [5, 5.41) is 6.03. The molecule has 4 nitrogen and oxygen atoms in total. The Bertz CT molecular complexity index is 374. The smallest absolute Gasteiger partial charge is 0.233 e. The van der Waals surface area contributed by atoms with Crippen molar-refractivity contribution in [2.75, 3.05) is 13.1 Å². The average Bonchev–Trinajstić information content (AvgIpc) is 2.35. The van der Waals surface area contributed by atoms with Crippen LogP contribution in [0.15, 0.2) is 24.4 Å². The standard InChI is InChI=1S/C14H23N3O/c1-11(2)16-9-13(18)17-10-14(3,4)12-7-5-6-8-15-12/h5-8,11,16H,9-10H2,1-4H3,(H,17,18). The fourth-order valence-corrected chi connectivity index (χ4v) is 1.53. The lowest BCUT2D eigenvalue weighted by Crippen LogP contribution is -2.42. The summed E-state index contributed by atoms with van der Waals surface area (Å²) in [7, 11) is 0. The van der Waals surface area contributed by atoms with E-state index in [1.165, 1.54) is 0 Å². The molecule has 2 N–H and O–H groups in total. The Morgan fingerprint density at radius 3 is 2.67 bits per heavy atom.